The molecular formula is C19H22N4O2. The van der Waals surface area contributed by atoms with Crippen molar-refractivity contribution in [3.63, 3.8) is 0 Å². The molecule has 0 saturated heterocycles. The van der Waals surface area contributed by atoms with Gasteiger partial charge in [0, 0.05) is 18.3 Å². The number of furan rings is 1. The Labute approximate surface area is 146 Å². The van der Waals surface area contributed by atoms with Gasteiger partial charge in [-0.25, -0.2) is 4.68 Å². The van der Waals surface area contributed by atoms with E-state index in [1.54, 1.807) is 10.9 Å². The van der Waals surface area contributed by atoms with Crippen LogP contribution in [-0.4, -0.2) is 27.8 Å². The zero-order valence-corrected chi connectivity index (χ0v) is 14.6. The second-order valence-electron chi connectivity index (χ2n) is 6.75. The number of nitrogens with zero attached hydrogens (tertiary/aromatic N) is 2. The summed E-state index contributed by atoms with van der Waals surface area (Å²) in [6, 6.07) is 13.3. The highest BCUT2D eigenvalue weighted by Gasteiger charge is 2.22. The number of para-hydroxylation sites is 1. The van der Waals surface area contributed by atoms with E-state index in [9.17, 15) is 4.79 Å². The van der Waals surface area contributed by atoms with Crippen LogP contribution in [0.3, 0.4) is 0 Å². The fourth-order valence-electron chi connectivity index (χ4n) is 2.40. The normalized spacial score (nSPS) is 11.5. The molecule has 6 heteroatoms. The van der Waals surface area contributed by atoms with Crippen molar-refractivity contribution >= 4 is 5.91 Å². The number of nitrogens with two attached hydrogens (primary N) is 1. The first-order valence-corrected chi connectivity index (χ1v) is 8.12. The summed E-state index contributed by atoms with van der Waals surface area (Å²) in [7, 11) is 0. The van der Waals surface area contributed by atoms with E-state index in [1.165, 1.54) is 0 Å². The molecule has 3 rings (SSSR count). The van der Waals surface area contributed by atoms with Crippen molar-refractivity contribution in [3.8, 4) is 17.1 Å². The number of nitrogens with one attached hydrogen (secondary N) is 1. The molecular weight excluding hydrogens is 316 g/mol. The van der Waals surface area contributed by atoms with E-state index < -0.39 is 5.54 Å². The minimum atomic E-state index is -0.494. The number of hydrogen-bond donors (Lipinski definition) is 2. The molecule has 1 aromatic carbocycles. The molecule has 0 atom stereocenters. The van der Waals surface area contributed by atoms with Crippen molar-refractivity contribution in [2.75, 3.05) is 6.54 Å². The van der Waals surface area contributed by atoms with Gasteiger partial charge in [0.05, 0.1) is 11.3 Å². The van der Waals surface area contributed by atoms with E-state index in [-0.39, 0.29) is 5.91 Å². The molecule has 0 unspecified atom stereocenters. The second kappa shape index (κ2) is 6.57. The lowest BCUT2D eigenvalue weighted by molar-refractivity contribution is 0.0946. The summed E-state index contributed by atoms with van der Waals surface area (Å²) < 4.78 is 7.35. The Morgan fingerprint density at radius 2 is 1.96 bits per heavy atom. The number of amides is 1. The molecule has 0 radical (unpaired) electrons. The van der Waals surface area contributed by atoms with E-state index in [0.717, 1.165) is 11.4 Å². The molecule has 6 nitrogen and oxygen atoms in total. The number of carbonyl (C=O) groups is 1. The zero-order valence-electron chi connectivity index (χ0n) is 14.6. The Hall–Kier alpha value is -2.86. The van der Waals surface area contributed by atoms with Crippen LogP contribution in [-0.2, 0) is 0 Å². The standard InChI is InChI=1S/C19H22N4O2/c1-13-9-10-16(25-13)17-15(18(24)21-12-19(2,3)20)11-23(22-17)14-7-5-4-6-8-14/h4-11H,12,20H2,1-3H3,(H,21,24). The highest BCUT2D eigenvalue weighted by Crippen LogP contribution is 2.25. The maximum absolute atomic E-state index is 12.7. The molecule has 2 aromatic heterocycles. The van der Waals surface area contributed by atoms with Crippen LogP contribution in [0.2, 0.25) is 0 Å². The van der Waals surface area contributed by atoms with Crippen LogP contribution in [0, 0.1) is 6.92 Å². The van der Waals surface area contributed by atoms with Gasteiger partial charge in [0.25, 0.3) is 5.91 Å². The smallest absolute Gasteiger partial charge is 0.255 e. The summed E-state index contributed by atoms with van der Waals surface area (Å²) in [4.78, 5) is 12.7. The number of aromatic nitrogens is 2. The van der Waals surface area contributed by atoms with Crippen molar-refractivity contribution in [1.29, 1.82) is 0 Å². The Balaban J connectivity index is 2.00. The van der Waals surface area contributed by atoms with Crippen LogP contribution in [0.15, 0.2) is 53.1 Å². The summed E-state index contributed by atoms with van der Waals surface area (Å²) in [5.74, 6) is 1.09. The van der Waals surface area contributed by atoms with Gasteiger partial charge >= 0.3 is 0 Å². The summed E-state index contributed by atoms with van der Waals surface area (Å²) in [5, 5.41) is 7.42. The monoisotopic (exact) mass is 338 g/mol. The molecule has 3 aromatic rings. The van der Waals surface area contributed by atoms with Gasteiger partial charge in [-0.3, -0.25) is 4.79 Å². The lowest BCUT2D eigenvalue weighted by Gasteiger charge is -2.18. The largest absolute Gasteiger partial charge is 0.460 e. The van der Waals surface area contributed by atoms with Crippen molar-refractivity contribution < 1.29 is 9.21 Å². The minimum Gasteiger partial charge on any atom is -0.460 e. The van der Waals surface area contributed by atoms with Gasteiger partial charge in [0.1, 0.15) is 11.5 Å². The number of carbonyl (C=O) groups excluding carboxylic acids is 1. The van der Waals surface area contributed by atoms with Crippen LogP contribution >= 0.6 is 0 Å². The van der Waals surface area contributed by atoms with Crippen LogP contribution in [0.4, 0.5) is 0 Å². The Morgan fingerprint density at radius 1 is 1.24 bits per heavy atom. The third-order valence-corrected chi connectivity index (χ3v) is 3.66. The van der Waals surface area contributed by atoms with Gasteiger partial charge in [-0.05, 0) is 45.0 Å². The van der Waals surface area contributed by atoms with Crippen LogP contribution in [0.1, 0.15) is 30.0 Å². The molecule has 0 aliphatic carbocycles. The number of rotatable bonds is 5. The summed E-state index contributed by atoms with van der Waals surface area (Å²) in [5.41, 5.74) is 7.28. The molecule has 1 amide bonds. The molecule has 2 heterocycles. The average molecular weight is 338 g/mol. The van der Waals surface area contributed by atoms with Gasteiger partial charge < -0.3 is 15.5 Å². The van der Waals surface area contributed by atoms with Crippen molar-refractivity contribution in [2.45, 2.75) is 26.3 Å². The fourth-order valence-corrected chi connectivity index (χ4v) is 2.40. The quantitative estimate of drug-likeness (QED) is 0.749. The Kier molecular flexibility index (Phi) is 4.46. The molecule has 0 bridgehead atoms. The van der Waals surface area contributed by atoms with Gasteiger partial charge in [-0.2, -0.15) is 5.10 Å². The van der Waals surface area contributed by atoms with E-state index in [1.807, 2.05) is 63.2 Å². The maximum Gasteiger partial charge on any atom is 0.255 e. The van der Waals surface area contributed by atoms with Gasteiger partial charge in [-0.1, -0.05) is 18.2 Å². The first kappa shape index (κ1) is 17.0. The highest BCUT2D eigenvalue weighted by atomic mass is 16.3. The minimum absolute atomic E-state index is 0.232. The summed E-state index contributed by atoms with van der Waals surface area (Å²) >= 11 is 0. The highest BCUT2D eigenvalue weighted by molar-refractivity contribution is 5.99. The predicted molar refractivity (Wildman–Crippen MR) is 96.6 cm³/mol. The van der Waals surface area contributed by atoms with Gasteiger partial charge in [0.15, 0.2) is 5.76 Å². The van der Waals surface area contributed by atoms with E-state index in [0.29, 0.717) is 23.6 Å². The van der Waals surface area contributed by atoms with Gasteiger partial charge in [0.2, 0.25) is 0 Å². The lowest BCUT2D eigenvalue weighted by atomic mass is 10.1. The van der Waals surface area contributed by atoms with Gasteiger partial charge in [-0.15, -0.1) is 0 Å². The zero-order chi connectivity index (χ0) is 18.0. The molecule has 130 valence electrons. The van der Waals surface area contributed by atoms with Crippen molar-refractivity contribution in [1.82, 2.24) is 15.1 Å². The molecule has 0 aliphatic heterocycles. The number of aryl methyl sites for hydroxylation is 1. The Bertz CT molecular complexity index is 872. The third kappa shape index (κ3) is 3.97. The van der Waals surface area contributed by atoms with Crippen molar-refractivity contribution in [2.24, 2.45) is 5.73 Å². The average Bonchev–Trinajstić information content (AvgIpc) is 3.19. The first-order valence-electron chi connectivity index (χ1n) is 8.12. The predicted octanol–water partition coefficient (Wildman–Crippen LogP) is 2.91. The first-order chi connectivity index (χ1) is 11.8. The SMILES string of the molecule is Cc1ccc(-c2nn(-c3ccccc3)cc2C(=O)NCC(C)(C)N)o1. The van der Waals surface area contributed by atoms with Crippen LogP contribution in [0.25, 0.3) is 17.1 Å². The third-order valence-electron chi connectivity index (χ3n) is 3.66. The topological polar surface area (TPSA) is 86.1 Å². The number of hydrogen-bond acceptors (Lipinski definition) is 4. The van der Waals surface area contributed by atoms with E-state index >= 15 is 0 Å². The number of benzene rings is 1. The molecule has 0 fully saturated rings. The van der Waals surface area contributed by atoms with E-state index in [4.69, 9.17) is 10.2 Å². The summed E-state index contributed by atoms with van der Waals surface area (Å²) in [6.45, 7) is 5.93. The fraction of sp³-hybridized carbons (Fsp3) is 0.263. The lowest BCUT2D eigenvalue weighted by Crippen LogP contribution is -2.45. The van der Waals surface area contributed by atoms with Crippen LogP contribution < -0.4 is 11.1 Å². The van der Waals surface area contributed by atoms with E-state index in [2.05, 4.69) is 10.4 Å². The molecule has 0 spiro atoms. The van der Waals surface area contributed by atoms with Crippen LogP contribution in [0.5, 0.6) is 0 Å². The molecule has 0 saturated carbocycles. The molecule has 0 aliphatic rings. The summed E-state index contributed by atoms with van der Waals surface area (Å²) in [6.07, 6.45) is 1.71. The molecule has 25 heavy (non-hydrogen) atoms. The molecule has 3 N–H and O–H groups in total. The Morgan fingerprint density at radius 3 is 2.56 bits per heavy atom. The van der Waals surface area contributed by atoms with Crippen molar-refractivity contribution in [3.05, 3.63) is 60.0 Å². The maximum atomic E-state index is 12.7. The second-order valence-corrected chi connectivity index (χ2v) is 6.75.